The second kappa shape index (κ2) is 7.52. The molecular weight excluding hydrogens is 371 g/mol. The van der Waals surface area contributed by atoms with E-state index in [1.165, 1.54) is 7.11 Å². The van der Waals surface area contributed by atoms with Crippen LogP contribution in [0, 0.1) is 0 Å². The Morgan fingerprint density at radius 3 is 2.69 bits per heavy atom. The van der Waals surface area contributed by atoms with Gasteiger partial charge in [0.2, 0.25) is 0 Å². The van der Waals surface area contributed by atoms with Crippen molar-refractivity contribution < 1.29 is 9.53 Å². The van der Waals surface area contributed by atoms with Gasteiger partial charge < -0.3 is 10.1 Å². The summed E-state index contributed by atoms with van der Waals surface area (Å²) < 4.78 is 4.92. The van der Waals surface area contributed by atoms with Crippen molar-refractivity contribution in [3.63, 3.8) is 0 Å². The number of aromatic nitrogens is 1. The number of esters is 1. The Kier molecular flexibility index (Phi) is 5.35. The molecule has 0 bridgehead atoms. The van der Waals surface area contributed by atoms with Gasteiger partial charge >= 0.3 is 5.97 Å². The molecule has 1 atom stereocenters. The Morgan fingerprint density at radius 1 is 1.19 bits per heavy atom. The Labute approximate surface area is 162 Å². The molecule has 1 aliphatic heterocycles. The monoisotopic (exact) mass is 388 g/mol. The number of nitrogens with zero attached hydrogens (tertiary/aromatic N) is 1. The fourth-order valence-corrected chi connectivity index (χ4v) is 3.62. The molecule has 1 aromatic heterocycles. The van der Waals surface area contributed by atoms with Gasteiger partial charge in [0.1, 0.15) is 0 Å². The predicted octanol–water partition coefficient (Wildman–Crippen LogP) is 5.20. The number of benzene rings is 1. The van der Waals surface area contributed by atoms with Crippen molar-refractivity contribution in [1.29, 1.82) is 0 Å². The van der Waals surface area contributed by atoms with Crippen LogP contribution < -0.4 is 5.32 Å². The molecule has 1 aliphatic rings. The second-order valence-corrected chi connectivity index (χ2v) is 6.81. The molecule has 4 nitrogen and oxygen atoms in total. The van der Waals surface area contributed by atoms with Gasteiger partial charge in [-0.3, -0.25) is 4.98 Å². The fourth-order valence-electron chi connectivity index (χ4n) is 3.20. The summed E-state index contributed by atoms with van der Waals surface area (Å²) >= 11 is 12.7. The van der Waals surface area contributed by atoms with Crippen LogP contribution in [0.25, 0.3) is 5.57 Å². The van der Waals surface area contributed by atoms with Crippen LogP contribution in [0.15, 0.2) is 54.0 Å². The van der Waals surface area contributed by atoms with E-state index >= 15 is 0 Å². The lowest BCUT2D eigenvalue weighted by Crippen LogP contribution is -2.21. The zero-order chi connectivity index (χ0) is 18.8. The van der Waals surface area contributed by atoms with E-state index in [1.807, 2.05) is 26.0 Å². The molecule has 0 spiro atoms. The van der Waals surface area contributed by atoms with Gasteiger partial charge in [-0.25, -0.2) is 4.79 Å². The maximum absolute atomic E-state index is 12.2. The molecule has 2 aromatic rings. The molecule has 0 saturated carbocycles. The number of carbonyl (C=O) groups is 1. The predicted molar refractivity (Wildman–Crippen MR) is 104 cm³/mol. The Hall–Kier alpha value is -2.30. The van der Waals surface area contributed by atoms with E-state index in [0.717, 1.165) is 22.5 Å². The van der Waals surface area contributed by atoms with E-state index in [0.29, 0.717) is 21.3 Å². The lowest BCUT2D eigenvalue weighted by atomic mass is 9.83. The zero-order valence-corrected chi connectivity index (χ0v) is 16.2. The molecule has 26 heavy (non-hydrogen) atoms. The third kappa shape index (κ3) is 3.35. The summed E-state index contributed by atoms with van der Waals surface area (Å²) in [6.07, 6.45) is 3.71. The van der Waals surface area contributed by atoms with E-state index in [1.54, 1.807) is 24.4 Å². The van der Waals surface area contributed by atoms with Gasteiger partial charge in [-0.15, -0.1) is 0 Å². The van der Waals surface area contributed by atoms with Crippen molar-refractivity contribution >= 4 is 34.7 Å². The van der Waals surface area contributed by atoms with Crippen molar-refractivity contribution in [3.8, 4) is 0 Å². The molecular formula is C20H18Cl2N2O2. The summed E-state index contributed by atoms with van der Waals surface area (Å²) in [5.74, 6) is -0.628. The highest BCUT2D eigenvalue weighted by Gasteiger charge is 2.29. The van der Waals surface area contributed by atoms with Crippen molar-refractivity contribution in [3.05, 3.63) is 80.9 Å². The quantitative estimate of drug-likeness (QED) is 0.734. The smallest absolute Gasteiger partial charge is 0.340 e. The number of hydrogen-bond donors (Lipinski definition) is 1. The third-order valence-corrected chi connectivity index (χ3v) is 5.13. The standard InChI is InChI=1S/C20H18Cl2N2O2/c1-11-10-15(13-6-4-8-16(21)18(13)22)17(12(2)24-11)19-14(20(25)26-3)7-5-9-23-19/h4-10,15,24H,1-3H3. The first-order chi connectivity index (χ1) is 12.4. The molecule has 0 radical (unpaired) electrons. The molecule has 1 unspecified atom stereocenters. The van der Waals surface area contributed by atoms with Crippen LogP contribution in [0.4, 0.5) is 0 Å². The van der Waals surface area contributed by atoms with E-state index in [4.69, 9.17) is 27.9 Å². The number of carbonyl (C=O) groups excluding carboxylic acids is 1. The van der Waals surface area contributed by atoms with Crippen molar-refractivity contribution in [2.24, 2.45) is 0 Å². The largest absolute Gasteiger partial charge is 0.465 e. The number of dihydropyridines is 1. The topological polar surface area (TPSA) is 51.2 Å². The zero-order valence-electron chi connectivity index (χ0n) is 14.6. The van der Waals surface area contributed by atoms with E-state index in [-0.39, 0.29) is 5.92 Å². The number of allylic oxidation sites excluding steroid dienone is 4. The number of ether oxygens (including phenoxy) is 1. The maximum Gasteiger partial charge on any atom is 0.340 e. The molecule has 6 heteroatoms. The first kappa shape index (κ1) is 18.5. The van der Waals surface area contributed by atoms with Crippen LogP contribution in [0.1, 0.15) is 41.4 Å². The summed E-state index contributed by atoms with van der Waals surface area (Å²) in [7, 11) is 1.36. The highest BCUT2D eigenvalue weighted by molar-refractivity contribution is 6.42. The molecule has 0 saturated heterocycles. The Bertz CT molecular complexity index is 935. The first-order valence-corrected chi connectivity index (χ1v) is 8.83. The summed E-state index contributed by atoms with van der Waals surface area (Å²) in [6, 6.07) is 8.96. The average Bonchev–Trinajstić information content (AvgIpc) is 2.63. The number of nitrogens with one attached hydrogen (secondary N) is 1. The molecule has 0 fully saturated rings. The van der Waals surface area contributed by atoms with E-state index in [2.05, 4.69) is 16.4 Å². The van der Waals surface area contributed by atoms with Gasteiger partial charge in [-0.05, 0) is 37.6 Å². The molecule has 1 aromatic carbocycles. The molecule has 2 heterocycles. The molecule has 0 amide bonds. The van der Waals surface area contributed by atoms with Crippen LogP contribution in [-0.4, -0.2) is 18.1 Å². The summed E-state index contributed by atoms with van der Waals surface area (Å²) in [5, 5.41) is 4.30. The minimum absolute atomic E-state index is 0.194. The van der Waals surface area contributed by atoms with Crippen molar-refractivity contribution in [1.82, 2.24) is 10.3 Å². The van der Waals surface area contributed by atoms with Gasteiger partial charge in [0.05, 0.1) is 28.4 Å². The first-order valence-electron chi connectivity index (χ1n) is 8.07. The van der Waals surface area contributed by atoms with Gasteiger partial charge in [-0.2, -0.15) is 0 Å². The summed E-state index contributed by atoms with van der Waals surface area (Å²) in [5.41, 5.74) is 4.57. The molecule has 1 N–H and O–H groups in total. The SMILES string of the molecule is COC(=O)c1cccnc1C1=C(C)NC(C)=CC1c1cccc(Cl)c1Cl. The number of pyridine rings is 1. The van der Waals surface area contributed by atoms with Gasteiger partial charge in [0, 0.05) is 29.1 Å². The fraction of sp³-hybridized carbons (Fsp3) is 0.200. The third-order valence-electron chi connectivity index (χ3n) is 4.30. The van der Waals surface area contributed by atoms with Gasteiger partial charge in [-0.1, -0.05) is 41.4 Å². The second-order valence-electron chi connectivity index (χ2n) is 6.03. The van der Waals surface area contributed by atoms with Crippen molar-refractivity contribution in [2.45, 2.75) is 19.8 Å². The minimum Gasteiger partial charge on any atom is -0.465 e. The highest BCUT2D eigenvalue weighted by Crippen LogP contribution is 2.43. The van der Waals surface area contributed by atoms with Gasteiger partial charge in [0.25, 0.3) is 0 Å². The Balaban J connectivity index is 2.23. The number of rotatable bonds is 3. The number of halogens is 2. The highest BCUT2D eigenvalue weighted by atomic mass is 35.5. The average molecular weight is 389 g/mol. The number of hydrogen-bond acceptors (Lipinski definition) is 4. The number of methoxy groups -OCH3 is 1. The maximum atomic E-state index is 12.2. The Morgan fingerprint density at radius 2 is 1.96 bits per heavy atom. The van der Waals surface area contributed by atoms with Crippen LogP contribution in [0.2, 0.25) is 10.0 Å². The minimum atomic E-state index is -0.435. The van der Waals surface area contributed by atoms with Crippen LogP contribution >= 0.6 is 23.2 Å². The van der Waals surface area contributed by atoms with Gasteiger partial charge in [0.15, 0.2) is 0 Å². The van der Waals surface area contributed by atoms with Crippen LogP contribution in [0.5, 0.6) is 0 Å². The van der Waals surface area contributed by atoms with Crippen molar-refractivity contribution in [2.75, 3.05) is 7.11 Å². The lowest BCUT2D eigenvalue weighted by Gasteiger charge is -2.28. The normalized spacial score (nSPS) is 16.8. The van der Waals surface area contributed by atoms with E-state index in [9.17, 15) is 4.79 Å². The summed E-state index contributed by atoms with van der Waals surface area (Å²) in [4.78, 5) is 16.7. The molecule has 0 aliphatic carbocycles. The lowest BCUT2D eigenvalue weighted by molar-refractivity contribution is 0.0600. The summed E-state index contributed by atoms with van der Waals surface area (Å²) in [6.45, 7) is 3.93. The van der Waals surface area contributed by atoms with Crippen LogP contribution in [-0.2, 0) is 4.74 Å². The molecule has 3 rings (SSSR count). The van der Waals surface area contributed by atoms with E-state index < -0.39 is 5.97 Å². The molecule has 134 valence electrons. The van der Waals surface area contributed by atoms with Crippen LogP contribution in [0.3, 0.4) is 0 Å².